The molecule has 0 radical (unpaired) electrons. The molecule has 7 nitrogen and oxygen atoms in total. The number of esters is 1. The second-order valence-electron chi connectivity index (χ2n) is 6.77. The van der Waals surface area contributed by atoms with Gasteiger partial charge in [0, 0.05) is 18.6 Å². The third-order valence-electron chi connectivity index (χ3n) is 5.12. The molecule has 3 rings (SSSR count). The molecule has 2 saturated carbocycles. The number of hydrogen-bond acceptors (Lipinski definition) is 5. The molecule has 1 aromatic rings. The number of carbonyl (C=O) groups excluding carboxylic acids is 2. The van der Waals surface area contributed by atoms with Crippen LogP contribution in [0.25, 0.3) is 0 Å². The number of anilines is 1. The highest BCUT2D eigenvalue weighted by Gasteiger charge is 2.40. The van der Waals surface area contributed by atoms with Gasteiger partial charge in [0.15, 0.2) is 6.61 Å². The zero-order valence-corrected chi connectivity index (χ0v) is 14.3. The quantitative estimate of drug-likeness (QED) is 0.471. The van der Waals surface area contributed by atoms with Crippen LogP contribution in [-0.2, 0) is 14.3 Å². The summed E-state index contributed by atoms with van der Waals surface area (Å²) in [7, 11) is 0. The number of nitro benzene ring substituents is 1. The van der Waals surface area contributed by atoms with E-state index in [9.17, 15) is 19.7 Å². The minimum atomic E-state index is -0.574. The Kier molecular flexibility index (Phi) is 5.22. The number of fused-ring (bicyclic) bond motifs is 2. The summed E-state index contributed by atoms with van der Waals surface area (Å²) in [4.78, 5) is 33.9. The fourth-order valence-electron chi connectivity index (χ4n) is 3.95. The second-order valence-corrected chi connectivity index (χ2v) is 7.18. The van der Waals surface area contributed by atoms with Crippen molar-refractivity contribution >= 4 is 34.9 Å². The monoisotopic (exact) mass is 366 g/mol. The van der Waals surface area contributed by atoms with Crippen molar-refractivity contribution in [1.82, 2.24) is 0 Å². The highest BCUT2D eigenvalue weighted by Crippen LogP contribution is 2.49. The van der Waals surface area contributed by atoms with Crippen LogP contribution in [0.5, 0.6) is 0 Å². The van der Waals surface area contributed by atoms with E-state index in [0.717, 1.165) is 18.4 Å². The van der Waals surface area contributed by atoms with Crippen molar-refractivity contribution in [2.45, 2.75) is 32.1 Å². The molecule has 1 amide bonds. The summed E-state index contributed by atoms with van der Waals surface area (Å²) in [5.41, 5.74) is 0.0710. The van der Waals surface area contributed by atoms with Gasteiger partial charge < -0.3 is 10.1 Å². The first-order valence-corrected chi connectivity index (χ1v) is 8.69. The minimum Gasteiger partial charge on any atom is -0.456 e. The molecule has 3 atom stereocenters. The lowest BCUT2D eigenvalue weighted by Crippen LogP contribution is -2.23. The molecule has 2 fully saturated rings. The third-order valence-corrected chi connectivity index (χ3v) is 5.43. The Morgan fingerprint density at radius 2 is 2.12 bits per heavy atom. The molecule has 25 heavy (non-hydrogen) atoms. The van der Waals surface area contributed by atoms with Crippen LogP contribution < -0.4 is 5.32 Å². The largest absolute Gasteiger partial charge is 0.456 e. The predicted molar refractivity (Wildman–Crippen MR) is 91.3 cm³/mol. The van der Waals surface area contributed by atoms with Gasteiger partial charge in [-0.1, -0.05) is 18.0 Å². The standard InChI is InChI=1S/C17H19ClN2O5/c18-14-8-13(20(23)24)3-4-15(14)19-16(21)9-25-17(22)7-12-6-10-1-2-11(12)5-10/h3-4,8,10-12H,1-2,5-7,9H2,(H,19,21)/t10-,11+,12+/m0/s1. The average Bonchev–Trinajstić information content (AvgIpc) is 3.17. The van der Waals surface area contributed by atoms with E-state index in [1.165, 1.54) is 31.4 Å². The van der Waals surface area contributed by atoms with Crippen LogP contribution in [0.3, 0.4) is 0 Å². The summed E-state index contributed by atoms with van der Waals surface area (Å²) in [5.74, 6) is 0.888. The molecule has 0 unspecified atom stereocenters. The molecule has 1 N–H and O–H groups in total. The van der Waals surface area contributed by atoms with Crippen molar-refractivity contribution in [2.24, 2.45) is 17.8 Å². The van der Waals surface area contributed by atoms with Gasteiger partial charge in [0.2, 0.25) is 0 Å². The van der Waals surface area contributed by atoms with Gasteiger partial charge in [0.05, 0.1) is 15.6 Å². The molecule has 1 aromatic carbocycles. The van der Waals surface area contributed by atoms with Crippen LogP contribution in [0.1, 0.15) is 32.1 Å². The highest BCUT2D eigenvalue weighted by molar-refractivity contribution is 6.34. The maximum Gasteiger partial charge on any atom is 0.306 e. The fourth-order valence-corrected chi connectivity index (χ4v) is 4.17. The van der Waals surface area contributed by atoms with Gasteiger partial charge in [-0.05, 0) is 43.1 Å². The number of amides is 1. The Morgan fingerprint density at radius 3 is 2.72 bits per heavy atom. The number of rotatable bonds is 6. The van der Waals surface area contributed by atoms with E-state index in [0.29, 0.717) is 18.3 Å². The average molecular weight is 367 g/mol. The SMILES string of the molecule is O=C(COC(=O)C[C@H]1C[C@H]2CC[C@@H]1C2)Nc1ccc([N+](=O)[O-])cc1Cl. The van der Waals surface area contributed by atoms with Gasteiger partial charge in [-0.2, -0.15) is 0 Å². The van der Waals surface area contributed by atoms with Crippen LogP contribution in [0.15, 0.2) is 18.2 Å². The smallest absolute Gasteiger partial charge is 0.306 e. The second kappa shape index (κ2) is 7.39. The van der Waals surface area contributed by atoms with Gasteiger partial charge in [-0.3, -0.25) is 19.7 Å². The molecule has 0 aliphatic heterocycles. The van der Waals surface area contributed by atoms with Crippen LogP contribution in [0.4, 0.5) is 11.4 Å². The lowest BCUT2D eigenvalue weighted by atomic mass is 9.86. The van der Waals surface area contributed by atoms with Crippen molar-refractivity contribution in [3.05, 3.63) is 33.3 Å². The van der Waals surface area contributed by atoms with E-state index in [2.05, 4.69) is 5.32 Å². The number of halogens is 1. The summed E-state index contributed by atoms with van der Waals surface area (Å²) < 4.78 is 5.05. The molecule has 2 bridgehead atoms. The molecule has 0 spiro atoms. The van der Waals surface area contributed by atoms with Crippen molar-refractivity contribution in [2.75, 3.05) is 11.9 Å². The summed E-state index contributed by atoms with van der Waals surface area (Å²) >= 11 is 5.90. The van der Waals surface area contributed by atoms with Crippen LogP contribution >= 0.6 is 11.6 Å². The van der Waals surface area contributed by atoms with Gasteiger partial charge in [0.25, 0.3) is 11.6 Å². The molecular formula is C17H19ClN2O5. The molecule has 2 aliphatic rings. The molecular weight excluding hydrogens is 348 g/mol. The first-order chi connectivity index (χ1) is 11.9. The predicted octanol–water partition coefficient (Wildman–Crippen LogP) is 3.56. The van der Waals surface area contributed by atoms with Gasteiger partial charge >= 0.3 is 5.97 Å². The molecule has 0 heterocycles. The van der Waals surface area contributed by atoms with E-state index < -0.39 is 17.4 Å². The lowest BCUT2D eigenvalue weighted by Gasteiger charge is -2.20. The molecule has 8 heteroatoms. The van der Waals surface area contributed by atoms with Gasteiger partial charge in [-0.15, -0.1) is 0 Å². The van der Waals surface area contributed by atoms with Crippen molar-refractivity contribution in [3.63, 3.8) is 0 Å². The Balaban J connectivity index is 1.45. The lowest BCUT2D eigenvalue weighted by molar-refractivity contribution is -0.384. The van der Waals surface area contributed by atoms with Crippen LogP contribution in [0, 0.1) is 27.9 Å². The Labute approximate surface area is 149 Å². The summed E-state index contributed by atoms with van der Waals surface area (Å²) in [6.07, 6.45) is 5.14. The molecule has 134 valence electrons. The maximum absolute atomic E-state index is 11.9. The highest BCUT2D eigenvalue weighted by atomic mass is 35.5. The van der Waals surface area contributed by atoms with Gasteiger partial charge in [-0.25, -0.2) is 0 Å². The van der Waals surface area contributed by atoms with E-state index >= 15 is 0 Å². The summed E-state index contributed by atoms with van der Waals surface area (Å²) in [6.45, 7) is -0.396. The number of nitro groups is 1. The number of benzene rings is 1. The minimum absolute atomic E-state index is 0.0517. The first kappa shape index (κ1) is 17.7. The first-order valence-electron chi connectivity index (χ1n) is 8.31. The zero-order chi connectivity index (χ0) is 18.0. The number of ether oxygens (including phenoxy) is 1. The van der Waals surface area contributed by atoms with E-state index in [4.69, 9.17) is 16.3 Å². The van der Waals surface area contributed by atoms with Crippen molar-refractivity contribution in [3.8, 4) is 0 Å². The topological polar surface area (TPSA) is 98.5 Å². The van der Waals surface area contributed by atoms with Crippen molar-refractivity contribution < 1.29 is 19.2 Å². The Hall–Kier alpha value is -2.15. The molecule has 2 aliphatic carbocycles. The van der Waals surface area contributed by atoms with E-state index in [1.807, 2.05) is 0 Å². The summed E-state index contributed by atoms with van der Waals surface area (Å²) in [5, 5.41) is 13.2. The number of carbonyl (C=O) groups is 2. The fraction of sp³-hybridized carbons (Fsp3) is 0.529. The van der Waals surface area contributed by atoms with Crippen LogP contribution in [0.2, 0.25) is 5.02 Å². The van der Waals surface area contributed by atoms with Crippen molar-refractivity contribution in [1.29, 1.82) is 0 Å². The zero-order valence-electron chi connectivity index (χ0n) is 13.6. The maximum atomic E-state index is 11.9. The van der Waals surface area contributed by atoms with E-state index in [1.54, 1.807) is 0 Å². The van der Waals surface area contributed by atoms with Gasteiger partial charge in [0.1, 0.15) is 0 Å². The number of non-ortho nitro benzene ring substituents is 1. The third kappa shape index (κ3) is 4.28. The Bertz CT molecular complexity index is 708. The molecule has 0 saturated heterocycles. The number of nitrogens with one attached hydrogen (secondary N) is 1. The normalized spacial score (nSPS) is 24.1. The number of hydrogen-bond donors (Lipinski definition) is 1. The number of nitrogens with zero attached hydrogens (tertiary/aromatic N) is 1. The molecule has 0 aromatic heterocycles. The summed E-state index contributed by atoms with van der Waals surface area (Å²) in [6, 6.07) is 3.73. The van der Waals surface area contributed by atoms with Crippen LogP contribution in [-0.4, -0.2) is 23.4 Å². The van der Waals surface area contributed by atoms with E-state index in [-0.39, 0.29) is 22.4 Å². The Morgan fingerprint density at radius 1 is 1.32 bits per heavy atom.